The second-order valence-corrected chi connectivity index (χ2v) is 6.48. The van der Waals surface area contributed by atoms with Gasteiger partial charge in [0, 0.05) is 22.9 Å². The number of carbonyl (C=O) groups is 1. The minimum atomic E-state index is -1.77. The molecule has 0 bridgehead atoms. The first-order chi connectivity index (χ1) is 11.9. The lowest BCUT2D eigenvalue weighted by atomic mass is 9.82. The molecule has 0 amide bonds. The molecule has 2 heterocycles. The van der Waals surface area contributed by atoms with Crippen LogP contribution in [0.5, 0.6) is 0 Å². The largest absolute Gasteiger partial charge is 0.382 e. The van der Waals surface area contributed by atoms with Gasteiger partial charge in [-0.2, -0.15) is 5.10 Å². The molecule has 130 valence electrons. The minimum Gasteiger partial charge on any atom is -0.382 e. The molecular formula is C16H14F2N4O2S. The van der Waals surface area contributed by atoms with Crippen molar-refractivity contribution >= 4 is 17.6 Å². The third kappa shape index (κ3) is 3.33. The number of nitrogens with zero attached hydrogens (tertiary/aromatic N) is 4. The molecule has 25 heavy (non-hydrogen) atoms. The van der Waals surface area contributed by atoms with Crippen LogP contribution in [0.1, 0.15) is 33.9 Å². The smallest absolute Gasteiger partial charge is 0.169 e. The van der Waals surface area contributed by atoms with Crippen LogP contribution in [0.4, 0.5) is 8.78 Å². The summed E-state index contributed by atoms with van der Waals surface area (Å²) in [5.74, 6) is -2.30. The van der Waals surface area contributed by atoms with Gasteiger partial charge in [-0.3, -0.25) is 4.79 Å². The predicted molar refractivity (Wildman–Crippen MR) is 86.2 cm³/mol. The van der Waals surface area contributed by atoms with Crippen molar-refractivity contribution in [3.63, 3.8) is 0 Å². The molecule has 1 aromatic carbocycles. The Kier molecular flexibility index (Phi) is 4.69. The highest BCUT2D eigenvalue weighted by molar-refractivity contribution is 7.09. The Morgan fingerprint density at radius 2 is 2.24 bits per heavy atom. The highest BCUT2D eigenvalue weighted by atomic mass is 32.1. The number of hydrogen-bond donors (Lipinski definition) is 1. The molecule has 0 saturated carbocycles. The Labute approximate surface area is 145 Å². The van der Waals surface area contributed by atoms with E-state index in [1.807, 2.05) is 0 Å². The van der Waals surface area contributed by atoms with E-state index in [4.69, 9.17) is 0 Å². The van der Waals surface area contributed by atoms with Gasteiger partial charge < -0.3 is 5.11 Å². The molecule has 0 fully saturated rings. The summed E-state index contributed by atoms with van der Waals surface area (Å²) >= 11 is 1.18. The van der Waals surface area contributed by atoms with Crippen molar-refractivity contribution in [2.24, 2.45) is 0 Å². The van der Waals surface area contributed by atoms with Crippen LogP contribution in [0.25, 0.3) is 0 Å². The monoisotopic (exact) mass is 364 g/mol. The number of hydrogen-bond acceptors (Lipinski definition) is 6. The zero-order valence-corrected chi connectivity index (χ0v) is 14.0. The molecule has 2 unspecified atom stereocenters. The molecule has 3 rings (SSSR count). The van der Waals surface area contributed by atoms with Crippen molar-refractivity contribution in [1.29, 1.82) is 0 Å². The molecule has 2 atom stereocenters. The second kappa shape index (κ2) is 6.77. The molecule has 0 aliphatic rings. The Morgan fingerprint density at radius 1 is 1.44 bits per heavy atom. The fourth-order valence-corrected chi connectivity index (χ4v) is 3.52. The van der Waals surface area contributed by atoms with E-state index >= 15 is 0 Å². The third-order valence-corrected chi connectivity index (χ3v) is 5.06. The first kappa shape index (κ1) is 17.3. The van der Waals surface area contributed by atoms with Crippen molar-refractivity contribution in [3.8, 4) is 0 Å². The molecule has 3 aromatic rings. The van der Waals surface area contributed by atoms with Gasteiger partial charge >= 0.3 is 0 Å². The Bertz CT molecular complexity index is 884. The first-order valence-electron chi connectivity index (χ1n) is 7.35. The van der Waals surface area contributed by atoms with E-state index < -0.39 is 23.2 Å². The average molecular weight is 364 g/mol. The van der Waals surface area contributed by atoms with E-state index in [-0.39, 0.29) is 17.8 Å². The van der Waals surface area contributed by atoms with Gasteiger partial charge in [-0.05, 0) is 6.07 Å². The number of aromatic nitrogens is 4. The summed E-state index contributed by atoms with van der Waals surface area (Å²) in [7, 11) is 0. The molecule has 0 spiro atoms. The van der Waals surface area contributed by atoms with E-state index in [2.05, 4.69) is 15.1 Å². The second-order valence-electron chi connectivity index (χ2n) is 5.59. The van der Waals surface area contributed by atoms with Crippen molar-refractivity contribution in [1.82, 2.24) is 19.7 Å². The number of rotatable bonds is 6. The molecule has 0 aliphatic heterocycles. The van der Waals surface area contributed by atoms with E-state index in [0.717, 1.165) is 6.07 Å². The summed E-state index contributed by atoms with van der Waals surface area (Å²) in [5, 5.41) is 17.3. The molecule has 0 saturated heterocycles. The summed E-state index contributed by atoms with van der Waals surface area (Å²) in [6, 6.07) is 3.00. The van der Waals surface area contributed by atoms with Crippen LogP contribution in [-0.2, 0) is 12.1 Å². The first-order valence-corrected chi connectivity index (χ1v) is 8.23. The van der Waals surface area contributed by atoms with Crippen molar-refractivity contribution < 1.29 is 18.7 Å². The van der Waals surface area contributed by atoms with E-state index in [1.54, 1.807) is 12.3 Å². The summed E-state index contributed by atoms with van der Waals surface area (Å²) < 4.78 is 29.0. The zero-order chi connectivity index (χ0) is 18.0. The van der Waals surface area contributed by atoms with Gasteiger partial charge in [0.25, 0.3) is 0 Å². The van der Waals surface area contributed by atoms with Crippen molar-refractivity contribution in [2.75, 3.05) is 0 Å². The quantitative estimate of drug-likeness (QED) is 0.680. The minimum absolute atomic E-state index is 0.0836. The lowest BCUT2D eigenvalue weighted by Crippen LogP contribution is -2.38. The van der Waals surface area contributed by atoms with Crippen molar-refractivity contribution in [2.45, 2.75) is 25.0 Å². The van der Waals surface area contributed by atoms with E-state index in [1.165, 1.54) is 34.7 Å². The number of halogens is 2. The SMILES string of the molecule is CC(c1nc(C=O)cs1)C(O)(Cn1cncn1)c1ccc(F)cc1F. The number of benzene rings is 1. The normalized spacial score (nSPS) is 14.9. The highest BCUT2D eigenvalue weighted by Gasteiger charge is 2.41. The number of thiazole rings is 1. The molecule has 2 aromatic heterocycles. The van der Waals surface area contributed by atoms with Crippen LogP contribution in [0.15, 0.2) is 36.2 Å². The number of aldehydes is 1. The van der Waals surface area contributed by atoms with Crippen LogP contribution in [0.3, 0.4) is 0 Å². The molecule has 1 N–H and O–H groups in total. The average Bonchev–Trinajstić information content (AvgIpc) is 3.25. The number of carbonyl (C=O) groups excluding carboxylic acids is 1. The van der Waals surface area contributed by atoms with Crippen molar-refractivity contribution in [3.05, 3.63) is 64.1 Å². The van der Waals surface area contributed by atoms with Gasteiger partial charge in [-0.15, -0.1) is 11.3 Å². The van der Waals surface area contributed by atoms with Crippen LogP contribution in [0.2, 0.25) is 0 Å². The van der Waals surface area contributed by atoms with Crippen LogP contribution in [0, 0.1) is 11.6 Å². The lowest BCUT2D eigenvalue weighted by molar-refractivity contribution is -0.0112. The van der Waals surface area contributed by atoms with Crippen LogP contribution in [-0.4, -0.2) is 31.1 Å². The maximum Gasteiger partial charge on any atom is 0.169 e. The maximum atomic E-state index is 14.4. The van der Waals surface area contributed by atoms with E-state index in [0.29, 0.717) is 17.4 Å². The predicted octanol–water partition coefficient (Wildman–Crippen LogP) is 2.52. The molecule has 0 aliphatic carbocycles. The Hall–Kier alpha value is -2.52. The molecular weight excluding hydrogens is 350 g/mol. The van der Waals surface area contributed by atoms with Crippen LogP contribution >= 0.6 is 11.3 Å². The summed E-state index contributed by atoms with van der Waals surface area (Å²) in [4.78, 5) is 18.8. The van der Waals surface area contributed by atoms with E-state index in [9.17, 15) is 18.7 Å². The Balaban J connectivity index is 2.08. The van der Waals surface area contributed by atoms with Gasteiger partial charge in [-0.25, -0.2) is 23.4 Å². The third-order valence-electron chi connectivity index (χ3n) is 4.01. The van der Waals surface area contributed by atoms with Gasteiger partial charge in [-0.1, -0.05) is 13.0 Å². The lowest BCUT2D eigenvalue weighted by Gasteiger charge is -2.33. The summed E-state index contributed by atoms with van der Waals surface area (Å²) in [6.45, 7) is 1.54. The molecule has 9 heteroatoms. The van der Waals surface area contributed by atoms with Gasteiger partial charge in [0.05, 0.1) is 11.6 Å². The number of aliphatic hydroxyl groups is 1. The summed E-state index contributed by atoms with van der Waals surface area (Å²) in [6.07, 6.45) is 3.28. The standard InChI is InChI=1S/C16H14F2N4O2S/c1-10(15-21-12(5-23)6-25-15)16(24,7-22-9-19-8-20-22)13-3-2-11(17)4-14(13)18/h2-6,8-10,24H,7H2,1H3. The van der Waals surface area contributed by atoms with Gasteiger partial charge in [0.1, 0.15) is 35.6 Å². The topological polar surface area (TPSA) is 80.9 Å². The fourth-order valence-electron chi connectivity index (χ4n) is 2.62. The summed E-state index contributed by atoms with van der Waals surface area (Å²) in [5.41, 5.74) is -1.63. The highest BCUT2D eigenvalue weighted by Crippen LogP contribution is 2.40. The zero-order valence-electron chi connectivity index (χ0n) is 13.1. The van der Waals surface area contributed by atoms with Gasteiger partial charge in [0.2, 0.25) is 0 Å². The Morgan fingerprint density at radius 3 is 2.84 bits per heavy atom. The molecule has 0 radical (unpaired) electrons. The van der Waals surface area contributed by atoms with Gasteiger partial charge in [0.15, 0.2) is 6.29 Å². The maximum absolute atomic E-state index is 14.4. The van der Waals surface area contributed by atoms with Crippen LogP contribution < -0.4 is 0 Å². The molecule has 6 nitrogen and oxygen atoms in total. The fraction of sp³-hybridized carbons (Fsp3) is 0.250.